The maximum absolute atomic E-state index is 9.27. The zero-order chi connectivity index (χ0) is 15.4. The molecule has 2 rings (SSSR count). The SMILES string of the molecule is COc1ccc(C(N)=S)cc1CN1CC(CO)OCC1C. The number of benzene rings is 1. The van der Waals surface area contributed by atoms with E-state index in [4.69, 9.17) is 27.4 Å². The Hall–Kier alpha value is -1.21. The fourth-order valence-electron chi connectivity index (χ4n) is 2.48. The molecule has 116 valence electrons. The first kappa shape index (κ1) is 16.2. The summed E-state index contributed by atoms with van der Waals surface area (Å²) in [7, 11) is 1.65. The molecule has 0 aromatic heterocycles. The molecule has 1 aliphatic heterocycles. The molecule has 1 aromatic rings. The summed E-state index contributed by atoms with van der Waals surface area (Å²) in [5.41, 5.74) is 7.57. The van der Waals surface area contributed by atoms with Crippen molar-refractivity contribution in [3.8, 4) is 5.75 Å². The van der Waals surface area contributed by atoms with Gasteiger partial charge in [0.05, 0.1) is 26.4 Å². The van der Waals surface area contributed by atoms with E-state index >= 15 is 0 Å². The summed E-state index contributed by atoms with van der Waals surface area (Å²) in [6.45, 7) is 4.16. The van der Waals surface area contributed by atoms with Gasteiger partial charge in [0, 0.05) is 30.3 Å². The Morgan fingerprint density at radius 2 is 2.33 bits per heavy atom. The average molecular weight is 310 g/mol. The fourth-order valence-corrected chi connectivity index (χ4v) is 2.61. The molecule has 5 nitrogen and oxygen atoms in total. The van der Waals surface area contributed by atoms with Crippen LogP contribution < -0.4 is 10.5 Å². The van der Waals surface area contributed by atoms with Crippen molar-refractivity contribution in [3.63, 3.8) is 0 Å². The van der Waals surface area contributed by atoms with Crippen LogP contribution in [0.2, 0.25) is 0 Å². The third-order valence-corrected chi connectivity index (χ3v) is 4.01. The highest BCUT2D eigenvalue weighted by atomic mass is 32.1. The lowest BCUT2D eigenvalue weighted by molar-refractivity contribution is -0.0806. The van der Waals surface area contributed by atoms with Crippen LogP contribution in [-0.4, -0.2) is 54.0 Å². The van der Waals surface area contributed by atoms with Crippen molar-refractivity contribution in [1.82, 2.24) is 4.90 Å². The van der Waals surface area contributed by atoms with E-state index in [2.05, 4.69) is 11.8 Å². The molecule has 1 fully saturated rings. The summed E-state index contributed by atoms with van der Waals surface area (Å²) in [4.78, 5) is 2.65. The van der Waals surface area contributed by atoms with Gasteiger partial charge in [-0.1, -0.05) is 12.2 Å². The Morgan fingerprint density at radius 1 is 1.57 bits per heavy atom. The lowest BCUT2D eigenvalue weighted by atomic mass is 10.1. The van der Waals surface area contributed by atoms with Gasteiger partial charge in [0.25, 0.3) is 0 Å². The number of thiocarbonyl (C=S) groups is 1. The van der Waals surface area contributed by atoms with Gasteiger partial charge >= 0.3 is 0 Å². The Bertz CT molecular complexity index is 510. The van der Waals surface area contributed by atoms with Crippen molar-refractivity contribution >= 4 is 17.2 Å². The van der Waals surface area contributed by atoms with E-state index in [1.807, 2.05) is 18.2 Å². The Kier molecular flexibility index (Phi) is 5.52. The molecular weight excluding hydrogens is 288 g/mol. The maximum Gasteiger partial charge on any atom is 0.123 e. The molecule has 6 heteroatoms. The largest absolute Gasteiger partial charge is 0.496 e. The van der Waals surface area contributed by atoms with Crippen LogP contribution in [0.4, 0.5) is 0 Å². The monoisotopic (exact) mass is 310 g/mol. The molecule has 0 spiro atoms. The third kappa shape index (κ3) is 3.91. The van der Waals surface area contributed by atoms with Gasteiger partial charge in [-0.2, -0.15) is 0 Å². The highest BCUT2D eigenvalue weighted by Gasteiger charge is 2.26. The van der Waals surface area contributed by atoms with Crippen LogP contribution in [0.5, 0.6) is 5.75 Å². The molecule has 2 atom stereocenters. The minimum atomic E-state index is -0.133. The number of aliphatic hydroxyl groups excluding tert-OH is 1. The molecule has 0 saturated carbocycles. The van der Waals surface area contributed by atoms with E-state index in [-0.39, 0.29) is 18.8 Å². The normalized spacial score (nSPS) is 23.0. The van der Waals surface area contributed by atoms with E-state index in [9.17, 15) is 5.11 Å². The van der Waals surface area contributed by atoms with Crippen molar-refractivity contribution in [2.45, 2.75) is 25.6 Å². The Balaban J connectivity index is 2.20. The second kappa shape index (κ2) is 7.17. The quantitative estimate of drug-likeness (QED) is 0.788. The number of nitrogens with zero attached hydrogens (tertiary/aromatic N) is 1. The summed E-state index contributed by atoms with van der Waals surface area (Å²) in [6, 6.07) is 6.01. The van der Waals surface area contributed by atoms with Gasteiger partial charge in [0.2, 0.25) is 0 Å². The predicted octanol–water partition coefficient (Wildman–Crippen LogP) is 0.911. The molecule has 3 N–H and O–H groups in total. The Morgan fingerprint density at radius 3 is 2.95 bits per heavy atom. The van der Waals surface area contributed by atoms with Gasteiger partial charge in [-0.05, 0) is 25.1 Å². The molecule has 0 amide bonds. The average Bonchev–Trinajstić information content (AvgIpc) is 2.49. The number of methoxy groups -OCH3 is 1. The van der Waals surface area contributed by atoms with Crippen molar-refractivity contribution in [1.29, 1.82) is 0 Å². The highest BCUT2D eigenvalue weighted by molar-refractivity contribution is 7.80. The highest BCUT2D eigenvalue weighted by Crippen LogP contribution is 2.24. The topological polar surface area (TPSA) is 68.0 Å². The molecule has 2 unspecified atom stereocenters. The molecular formula is C15H22N2O3S. The van der Waals surface area contributed by atoms with E-state index in [1.54, 1.807) is 7.11 Å². The first-order valence-corrected chi connectivity index (χ1v) is 7.39. The number of nitrogens with two attached hydrogens (primary N) is 1. The first-order chi connectivity index (χ1) is 10.0. The molecule has 0 radical (unpaired) electrons. The Labute approximate surface area is 130 Å². The molecule has 21 heavy (non-hydrogen) atoms. The number of ether oxygens (including phenoxy) is 2. The minimum absolute atomic E-state index is 0.0350. The van der Waals surface area contributed by atoms with E-state index in [1.165, 1.54) is 0 Å². The first-order valence-electron chi connectivity index (χ1n) is 6.98. The van der Waals surface area contributed by atoms with E-state index in [0.29, 0.717) is 24.7 Å². The van der Waals surface area contributed by atoms with Crippen LogP contribution in [0, 0.1) is 0 Å². The number of aliphatic hydroxyl groups is 1. The van der Waals surface area contributed by atoms with Gasteiger partial charge in [-0.3, -0.25) is 4.90 Å². The van der Waals surface area contributed by atoms with Crippen molar-refractivity contribution in [3.05, 3.63) is 29.3 Å². The number of hydrogen-bond acceptors (Lipinski definition) is 5. The number of rotatable bonds is 5. The molecule has 0 aliphatic carbocycles. The fraction of sp³-hybridized carbons (Fsp3) is 0.533. The van der Waals surface area contributed by atoms with E-state index in [0.717, 1.165) is 16.9 Å². The van der Waals surface area contributed by atoms with Crippen LogP contribution >= 0.6 is 12.2 Å². The van der Waals surface area contributed by atoms with E-state index < -0.39 is 0 Å². The van der Waals surface area contributed by atoms with Gasteiger partial charge < -0.3 is 20.3 Å². The summed E-state index contributed by atoms with van der Waals surface area (Å²) < 4.78 is 11.0. The smallest absolute Gasteiger partial charge is 0.123 e. The number of hydrogen-bond donors (Lipinski definition) is 2. The number of morpholine rings is 1. The summed E-state index contributed by atoms with van der Waals surface area (Å²) in [6.07, 6.45) is -0.133. The molecule has 0 bridgehead atoms. The maximum atomic E-state index is 9.27. The zero-order valence-electron chi connectivity index (χ0n) is 12.4. The van der Waals surface area contributed by atoms with Crippen LogP contribution in [-0.2, 0) is 11.3 Å². The standard InChI is InChI=1S/C15H22N2O3S/c1-10-9-20-13(8-18)7-17(10)6-12-5-11(15(16)21)3-4-14(12)19-2/h3-5,10,13,18H,6-9H2,1-2H3,(H2,16,21). The molecule has 1 heterocycles. The second-order valence-electron chi connectivity index (χ2n) is 5.31. The summed E-state index contributed by atoms with van der Waals surface area (Å²) in [5.74, 6) is 0.814. The zero-order valence-corrected chi connectivity index (χ0v) is 13.2. The van der Waals surface area contributed by atoms with Gasteiger partial charge in [-0.15, -0.1) is 0 Å². The van der Waals surface area contributed by atoms with Crippen molar-refractivity contribution in [2.24, 2.45) is 5.73 Å². The van der Waals surface area contributed by atoms with Crippen LogP contribution in [0.3, 0.4) is 0 Å². The molecule has 1 saturated heterocycles. The third-order valence-electron chi connectivity index (χ3n) is 3.78. The summed E-state index contributed by atoms with van der Waals surface area (Å²) in [5, 5.41) is 9.27. The van der Waals surface area contributed by atoms with Crippen molar-refractivity contribution in [2.75, 3.05) is 26.9 Å². The van der Waals surface area contributed by atoms with Gasteiger partial charge in [0.15, 0.2) is 0 Å². The van der Waals surface area contributed by atoms with Crippen LogP contribution in [0.25, 0.3) is 0 Å². The lowest BCUT2D eigenvalue weighted by Crippen LogP contribution is -2.48. The van der Waals surface area contributed by atoms with Crippen LogP contribution in [0.15, 0.2) is 18.2 Å². The van der Waals surface area contributed by atoms with Gasteiger partial charge in [0.1, 0.15) is 10.7 Å². The summed E-state index contributed by atoms with van der Waals surface area (Å²) >= 11 is 5.04. The predicted molar refractivity (Wildman–Crippen MR) is 85.6 cm³/mol. The van der Waals surface area contributed by atoms with Crippen molar-refractivity contribution < 1.29 is 14.6 Å². The molecule has 1 aromatic carbocycles. The second-order valence-corrected chi connectivity index (χ2v) is 5.75. The van der Waals surface area contributed by atoms with Crippen LogP contribution in [0.1, 0.15) is 18.1 Å². The van der Waals surface area contributed by atoms with Gasteiger partial charge in [-0.25, -0.2) is 0 Å². The lowest BCUT2D eigenvalue weighted by Gasteiger charge is -2.37. The molecule has 1 aliphatic rings. The minimum Gasteiger partial charge on any atom is -0.496 e.